The minimum Gasteiger partial charge on any atom is -0.497 e. The van der Waals surface area contributed by atoms with Gasteiger partial charge in [0.25, 0.3) is 0 Å². The van der Waals surface area contributed by atoms with Crippen LogP contribution in [0.3, 0.4) is 0 Å². The molecule has 2 aromatic rings. The third-order valence-corrected chi connectivity index (χ3v) is 3.70. The Morgan fingerprint density at radius 1 is 1.08 bits per heavy atom. The number of nitrogens with one attached hydrogen (secondary N) is 2. The van der Waals surface area contributed by atoms with Crippen LogP contribution in [0.5, 0.6) is 5.75 Å². The topological polar surface area (TPSA) is 67.4 Å². The first-order valence-electron chi connectivity index (χ1n) is 7.98. The number of hydrogen-bond donors (Lipinski definition) is 2. The molecule has 2 rings (SSSR count). The number of anilines is 1. The van der Waals surface area contributed by atoms with Gasteiger partial charge in [0.05, 0.1) is 7.11 Å². The third kappa shape index (κ3) is 5.49. The molecule has 0 fully saturated rings. The number of benzene rings is 2. The molecule has 0 heterocycles. The molecule has 2 N–H and O–H groups in total. The minimum atomic E-state index is -0.646. The largest absolute Gasteiger partial charge is 0.497 e. The third-order valence-electron chi connectivity index (χ3n) is 3.70. The summed E-state index contributed by atoms with van der Waals surface area (Å²) < 4.78 is 5.08. The Morgan fingerprint density at radius 3 is 2.40 bits per heavy atom. The van der Waals surface area contributed by atoms with E-state index in [0.717, 1.165) is 22.6 Å². The van der Waals surface area contributed by atoms with Gasteiger partial charge in [-0.05, 0) is 49.2 Å². The van der Waals surface area contributed by atoms with E-state index in [-0.39, 0.29) is 11.8 Å². The van der Waals surface area contributed by atoms with E-state index < -0.39 is 6.04 Å². The summed E-state index contributed by atoms with van der Waals surface area (Å²) in [6, 6.07) is 14.2. The van der Waals surface area contributed by atoms with Crippen LogP contribution in [0.1, 0.15) is 18.1 Å². The van der Waals surface area contributed by atoms with E-state index in [0.29, 0.717) is 0 Å². The van der Waals surface area contributed by atoms with Crippen molar-refractivity contribution in [1.29, 1.82) is 0 Å². The highest BCUT2D eigenvalue weighted by Gasteiger charge is 2.15. The molecule has 0 spiro atoms. The van der Waals surface area contributed by atoms with Crippen LogP contribution in [-0.4, -0.2) is 25.0 Å². The molecule has 0 saturated heterocycles. The fraction of sp³-hybridized carbons (Fsp3) is 0.200. The molecule has 0 aliphatic heterocycles. The fourth-order valence-electron chi connectivity index (χ4n) is 2.17. The van der Waals surface area contributed by atoms with Gasteiger partial charge < -0.3 is 15.4 Å². The summed E-state index contributed by atoms with van der Waals surface area (Å²) in [5.74, 6) is 0.159. The van der Waals surface area contributed by atoms with Gasteiger partial charge in [-0.25, -0.2) is 0 Å². The lowest BCUT2D eigenvalue weighted by Crippen LogP contribution is -2.40. The van der Waals surface area contributed by atoms with Gasteiger partial charge in [0.2, 0.25) is 11.8 Å². The van der Waals surface area contributed by atoms with E-state index in [2.05, 4.69) is 10.6 Å². The number of aryl methyl sites for hydroxylation is 1. The first-order chi connectivity index (χ1) is 12.0. The summed E-state index contributed by atoms with van der Waals surface area (Å²) in [5.41, 5.74) is 2.57. The smallest absolute Gasteiger partial charge is 0.246 e. The van der Waals surface area contributed by atoms with E-state index in [4.69, 9.17) is 4.74 Å². The van der Waals surface area contributed by atoms with E-state index in [1.165, 1.54) is 6.08 Å². The number of methoxy groups -OCH3 is 1. The van der Waals surface area contributed by atoms with Crippen LogP contribution in [0.25, 0.3) is 6.08 Å². The molecule has 5 nitrogen and oxygen atoms in total. The van der Waals surface area contributed by atoms with Gasteiger partial charge >= 0.3 is 0 Å². The van der Waals surface area contributed by atoms with Crippen molar-refractivity contribution in [3.8, 4) is 5.75 Å². The summed E-state index contributed by atoms with van der Waals surface area (Å²) in [6.45, 7) is 3.56. The molecule has 1 atom stereocenters. The molecule has 0 bridgehead atoms. The van der Waals surface area contributed by atoms with Crippen LogP contribution >= 0.6 is 0 Å². The summed E-state index contributed by atoms with van der Waals surface area (Å²) in [6.07, 6.45) is 3.08. The Morgan fingerprint density at radius 2 is 1.76 bits per heavy atom. The van der Waals surface area contributed by atoms with Crippen molar-refractivity contribution in [2.75, 3.05) is 12.4 Å². The zero-order valence-corrected chi connectivity index (χ0v) is 14.6. The number of carbonyl (C=O) groups is 2. The highest BCUT2D eigenvalue weighted by Crippen LogP contribution is 2.14. The second-order valence-electron chi connectivity index (χ2n) is 5.64. The first-order valence-corrected chi connectivity index (χ1v) is 7.98. The molecule has 5 heteroatoms. The van der Waals surface area contributed by atoms with E-state index in [1.54, 1.807) is 20.1 Å². The van der Waals surface area contributed by atoms with Gasteiger partial charge in [-0.1, -0.05) is 30.3 Å². The van der Waals surface area contributed by atoms with Crippen molar-refractivity contribution in [2.45, 2.75) is 19.9 Å². The van der Waals surface area contributed by atoms with Crippen molar-refractivity contribution in [2.24, 2.45) is 0 Å². The van der Waals surface area contributed by atoms with Gasteiger partial charge in [0.15, 0.2) is 0 Å². The van der Waals surface area contributed by atoms with E-state index >= 15 is 0 Å². The minimum absolute atomic E-state index is 0.263. The number of ether oxygens (including phenoxy) is 1. The number of carbonyl (C=O) groups excluding carboxylic acids is 2. The lowest BCUT2D eigenvalue weighted by Gasteiger charge is -2.14. The molecule has 2 aromatic carbocycles. The van der Waals surface area contributed by atoms with Crippen LogP contribution in [-0.2, 0) is 9.59 Å². The number of rotatable bonds is 6. The zero-order chi connectivity index (χ0) is 18.2. The Labute approximate surface area is 147 Å². The maximum absolute atomic E-state index is 12.2. The average molecular weight is 338 g/mol. The normalized spacial score (nSPS) is 11.8. The predicted octanol–water partition coefficient (Wildman–Crippen LogP) is 3.16. The second kappa shape index (κ2) is 8.68. The number of para-hydroxylation sites is 1. The Hall–Kier alpha value is -3.08. The average Bonchev–Trinajstić information content (AvgIpc) is 2.62. The number of hydrogen-bond acceptors (Lipinski definition) is 3. The van der Waals surface area contributed by atoms with E-state index in [1.807, 2.05) is 55.5 Å². The van der Waals surface area contributed by atoms with Gasteiger partial charge in [-0.2, -0.15) is 0 Å². The fourth-order valence-corrected chi connectivity index (χ4v) is 2.17. The van der Waals surface area contributed by atoms with Crippen LogP contribution in [0, 0.1) is 6.92 Å². The molecule has 2 amide bonds. The lowest BCUT2D eigenvalue weighted by atomic mass is 10.2. The molecule has 0 aliphatic carbocycles. The summed E-state index contributed by atoms with van der Waals surface area (Å²) in [4.78, 5) is 24.2. The molecule has 1 unspecified atom stereocenters. The zero-order valence-electron chi connectivity index (χ0n) is 14.6. The van der Waals surface area contributed by atoms with Gasteiger partial charge in [0, 0.05) is 11.8 Å². The molecule has 0 aliphatic rings. The molecule has 0 saturated carbocycles. The van der Waals surface area contributed by atoms with E-state index in [9.17, 15) is 9.59 Å². The van der Waals surface area contributed by atoms with Crippen LogP contribution in [0.4, 0.5) is 5.69 Å². The Kier molecular flexibility index (Phi) is 6.34. The monoisotopic (exact) mass is 338 g/mol. The molecular formula is C20H22N2O3. The van der Waals surface area contributed by atoms with Crippen molar-refractivity contribution in [3.05, 3.63) is 65.7 Å². The molecule has 130 valence electrons. The Bertz CT molecular complexity index is 767. The molecular weight excluding hydrogens is 316 g/mol. The van der Waals surface area contributed by atoms with Crippen LogP contribution in [0.15, 0.2) is 54.6 Å². The summed E-state index contributed by atoms with van der Waals surface area (Å²) >= 11 is 0. The van der Waals surface area contributed by atoms with Crippen molar-refractivity contribution in [1.82, 2.24) is 5.32 Å². The first kappa shape index (κ1) is 18.3. The SMILES string of the molecule is COc1ccc(C=CC(=O)NC(C)C(=O)Nc2ccccc2C)cc1. The highest BCUT2D eigenvalue weighted by atomic mass is 16.5. The Balaban J connectivity index is 1.89. The number of amides is 2. The maximum Gasteiger partial charge on any atom is 0.246 e. The molecule has 0 radical (unpaired) electrons. The standard InChI is InChI=1S/C20H22N2O3/c1-14-6-4-5-7-18(14)22-20(24)15(2)21-19(23)13-10-16-8-11-17(25-3)12-9-16/h4-13,15H,1-3H3,(H,21,23)(H,22,24). The van der Waals surface area contributed by atoms with Crippen LogP contribution < -0.4 is 15.4 Å². The van der Waals surface area contributed by atoms with Crippen molar-refractivity contribution < 1.29 is 14.3 Å². The van der Waals surface area contributed by atoms with Crippen molar-refractivity contribution >= 4 is 23.6 Å². The van der Waals surface area contributed by atoms with Gasteiger partial charge in [-0.15, -0.1) is 0 Å². The summed E-state index contributed by atoms with van der Waals surface area (Å²) in [5, 5.41) is 5.46. The van der Waals surface area contributed by atoms with Crippen molar-refractivity contribution in [3.63, 3.8) is 0 Å². The summed E-state index contributed by atoms with van der Waals surface area (Å²) in [7, 11) is 1.60. The predicted molar refractivity (Wildman–Crippen MR) is 99.4 cm³/mol. The quantitative estimate of drug-likeness (QED) is 0.795. The molecule has 25 heavy (non-hydrogen) atoms. The lowest BCUT2D eigenvalue weighted by molar-refractivity contribution is -0.123. The van der Waals surface area contributed by atoms with Gasteiger partial charge in [-0.3, -0.25) is 9.59 Å². The van der Waals surface area contributed by atoms with Crippen LogP contribution in [0.2, 0.25) is 0 Å². The molecule has 0 aromatic heterocycles. The second-order valence-corrected chi connectivity index (χ2v) is 5.64. The van der Waals surface area contributed by atoms with Gasteiger partial charge in [0.1, 0.15) is 11.8 Å². The maximum atomic E-state index is 12.2. The highest BCUT2D eigenvalue weighted by molar-refractivity contribution is 6.00.